The molecule has 2 aromatic rings. The number of benzene rings is 1. The number of amides is 1. The Morgan fingerprint density at radius 3 is 2.46 bits per heavy atom. The number of aromatic nitrogens is 1. The van der Waals surface area contributed by atoms with Gasteiger partial charge in [0.1, 0.15) is 5.69 Å². The van der Waals surface area contributed by atoms with Crippen molar-refractivity contribution in [3.8, 4) is 5.88 Å². The molecule has 2 N–H and O–H groups in total. The molecule has 7 nitrogen and oxygen atoms in total. The quantitative estimate of drug-likeness (QED) is 0.498. The summed E-state index contributed by atoms with van der Waals surface area (Å²) in [5.74, 6) is -1.38. The number of nitrogens with zero attached hydrogens (tertiary/aromatic N) is 2. The van der Waals surface area contributed by atoms with E-state index in [1.54, 1.807) is 26.8 Å². The van der Waals surface area contributed by atoms with Crippen LogP contribution in [0.15, 0.2) is 36.4 Å². The van der Waals surface area contributed by atoms with E-state index in [2.05, 4.69) is 28.9 Å². The number of alkyl halides is 2. The summed E-state index contributed by atoms with van der Waals surface area (Å²) < 4.78 is 30.5. The van der Waals surface area contributed by atoms with E-state index >= 15 is 0 Å². The lowest BCUT2D eigenvalue weighted by atomic mass is 9.69. The largest absolute Gasteiger partial charge is 0.481 e. The molecule has 0 saturated carbocycles. The molecule has 0 radical (unpaired) electrons. The van der Waals surface area contributed by atoms with Gasteiger partial charge in [-0.3, -0.25) is 9.59 Å². The van der Waals surface area contributed by atoms with Crippen molar-refractivity contribution in [2.45, 2.75) is 59.0 Å². The molecule has 1 amide bonds. The van der Waals surface area contributed by atoms with Crippen LogP contribution in [0.25, 0.3) is 0 Å². The SMILES string of the molecule is Cc1ccc(NC(=O)C2(c3ccccc3C(C)C)CN(CCC(C)(C)C(=O)O)C2)c(OC(F)F)n1. The number of aryl methyl sites for hydroxylation is 1. The number of nitrogens with one attached hydrogen (secondary N) is 1. The van der Waals surface area contributed by atoms with Crippen molar-refractivity contribution >= 4 is 17.6 Å². The van der Waals surface area contributed by atoms with Crippen LogP contribution in [-0.2, 0) is 15.0 Å². The molecule has 1 aliphatic rings. The van der Waals surface area contributed by atoms with Gasteiger partial charge in [0, 0.05) is 18.8 Å². The van der Waals surface area contributed by atoms with Gasteiger partial charge in [0.15, 0.2) is 0 Å². The smallest absolute Gasteiger partial charge is 0.388 e. The van der Waals surface area contributed by atoms with Gasteiger partial charge in [0.05, 0.1) is 10.8 Å². The molecule has 3 rings (SSSR count). The average molecular weight is 490 g/mol. The van der Waals surface area contributed by atoms with E-state index in [9.17, 15) is 23.5 Å². The number of hydrogen-bond donors (Lipinski definition) is 2. The minimum Gasteiger partial charge on any atom is -0.481 e. The number of rotatable bonds is 10. The van der Waals surface area contributed by atoms with Crippen molar-refractivity contribution in [3.05, 3.63) is 53.2 Å². The van der Waals surface area contributed by atoms with Crippen LogP contribution < -0.4 is 10.1 Å². The summed E-state index contributed by atoms with van der Waals surface area (Å²) in [6.45, 7) is 7.30. The van der Waals surface area contributed by atoms with Gasteiger partial charge in [-0.15, -0.1) is 0 Å². The first-order valence-corrected chi connectivity index (χ1v) is 11.6. The highest BCUT2D eigenvalue weighted by Gasteiger charge is 2.52. The van der Waals surface area contributed by atoms with Gasteiger partial charge in [-0.2, -0.15) is 8.78 Å². The van der Waals surface area contributed by atoms with Crippen LogP contribution in [0.4, 0.5) is 14.5 Å². The monoisotopic (exact) mass is 489 g/mol. The average Bonchev–Trinajstić information content (AvgIpc) is 2.74. The molecule has 0 aliphatic carbocycles. The third kappa shape index (κ3) is 5.78. The lowest BCUT2D eigenvalue weighted by molar-refractivity contribution is -0.148. The summed E-state index contributed by atoms with van der Waals surface area (Å²) in [6, 6.07) is 10.8. The fourth-order valence-electron chi connectivity index (χ4n) is 4.34. The minimum absolute atomic E-state index is 0.0766. The van der Waals surface area contributed by atoms with Gasteiger partial charge in [0.2, 0.25) is 11.8 Å². The van der Waals surface area contributed by atoms with Crippen molar-refractivity contribution in [1.29, 1.82) is 0 Å². The Morgan fingerprint density at radius 1 is 1.20 bits per heavy atom. The van der Waals surface area contributed by atoms with Crippen molar-refractivity contribution in [2.75, 3.05) is 25.0 Å². The molecule has 1 fully saturated rings. The van der Waals surface area contributed by atoms with Crippen LogP contribution in [0.2, 0.25) is 0 Å². The van der Waals surface area contributed by atoms with E-state index in [1.165, 1.54) is 6.07 Å². The maximum atomic E-state index is 13.8. The molecule has 35 heavy (non-hydrogen) atoms. The summed E-state index contributed by atoms with van der Waals surface area (Å²) >= 11 is 0. The van der Waals surface area contributed by atoms with Crippen LogP contribution in [0.5, 0.6) is 5.88 Å². The van der Waals surface area contributed by atoms with Crippen LogP contribution in [0.1, 0.15) is 56.9 Å². The lowest BCUT2D eigenvalue weighted by Gasteiger charge is -2.50. The molecule has 0 atom stereocenters. The molecule has 0 spiro atoms. The second-order valence-electron chi connectivity index (χ2n) is 10.1. The summed E-state index contributed by atoms with van der Waals surface area (Å²) in [5, 5.41) is 12.2. The first-order chi connectivity index (χ1) is 16.4. The number of hydrogen-bond acceptors (Lipinski definition) is 5. The number of carbonyl (C=O) groups excluding carboxylic acids is 1. The van der Waals surface area contributed by atoms with Gasteiger partial charge in [-0.05, 0) is 62.9 Å². The molecule has 1 aliphatic heterocycles. The Bertz CT molecular complexity index is 1080. The highest BCUT2D eigenvalue weighted by atomic mass is 19.3. The number of likely N-dealkylation sites (tertiary alicyclic amines) is 1. The predicted octanol–water partition coefficient (Wildman–Crippen LogP) is 4.81. The number of pyridine rings is 1. The van der Waals surface area contributed by atoms with E-state index in [4.69, 9.17) is 0 Å². The second-order valence-corrected chi connectivity index (χ2v) is 10.1. The fraction of sp³-hybridized carbons (Fsp3) is 0.500. The first kappa shape index (κ1) is 26.5. The normalized spacial score (nSPS) is 15.7. The molecule has 9 heteroatoms. The highest BCUT2D eigenvalue weighted by Crippen LogP contribution is 2.41. The van der Waals surface area contributed by atoms with Gasteiger partial charge < -0.3 is 20.1 Å². The van der Waals surface area contributed by atoms with Crippen molar-refractivity contribution in [1.82, 2.24) is 9.88 Å². The molecule has 0 unspecified atom stereocenters. The fourth-order valence-corrected chi connectivity index (χ4v) is 4.34. The van der Waals surface area contributed by atoms with Crippen LogP contribution >= 0.6 is 0 Å². The predicted molar refractivity (Wildman–Crippen MR) is 129 cm³/mol. The zero-order chi connectivity index (χ0) is 26.0. The molecule has 1 aromatic heterocycles. The van der Waals surface area contributed by atoms with Crippen molar-refractivity contribution in [3.63, 3.8) is 0 Å². The Balaban J connectivity index is 1.91. The summed E-state index contributed by atoms with van der Waals surface area (Å²) in [7, 11) is 0. The van der Waals surface area contributed by atoms with Crippen molar-refractivity contribution < 1.29 is 28.2 Å². The van der Waals surface area contributed by atoms with Crippen LogP contribution in [-0.4, -0.2) is 53.1 Å². The molecule has 1 aromatic carbocycles. The molecule has 0 bridgehead atoms. The highest BCUT2D eigenvalue weighted by molar-refractivity contribution is 6.01. The minimum atomic E-state index is -3.08. The molecular formula is C26H33F2N3O4. The maximum Gasteiger partial charge on any atom is 0.388 e. The third-order valence-electron chi connectivity index (χ3n) is 6.60. The van der Waals surface area contributed by atoms with E-state index in [0.29, 0.717) is 31.7 Å². The zero-order valence-corrected chi connectivity index (χ0v) is 20.8. The van der Waals surface area contributed by atoms with Crippen molar-refractivity contribution in [2.24, 2.45) is 5.41 Å². The van der Waals surface area contributed by atoms with Gasteiger partial charge in [0.25, 0.3) is 0 Å². The third-order valence-corrected chi connectivity index (χ3v) is 6.60. The van der Waals surface area contributed by atoms with E-state index < -0.39 is 23.4 Å². The summed E-state index contributed by atoms with van der Waals surface area (Å²) in [4.78, 5) is 31.3. The number of carboxylic acids is 1. The number of anilines is 1. The maximum absolute atomic E-state index is 13.8. The molecule has 1 saturated heterocycles. The topological polar surface area (TPSA) is 91.8 Å². The van der Waals surface area contributed by atoms with Crippen LogP contribution in [0, 0.1) is 12.3 Å². The summed E-state index contributed by atoms with van der Waals surface area (Å²) in [6.07, 6.45) is 0.431. The standard InChI is InChI=1S/C26H33F2N3O4/c1-16(2)18-8-6-7-9-19(18)26(14-31(15-26)13-12-25(4,5)23(33)34)22(32)30-20-11-10-17(3)29-21(20)35-24(27)28/h6-11,16,24H,12-15H2,1-5H3,(H,30,32)(H,33,34). The number of aliphatic carboxylic acids is 1. The van der Waals surface area contributed by atoms with E-state index in [0.717, 1.165) is 11.1 Å². The van der Waals surface area contributed by atoms with Gasteiger partial charge in [-0.1, -0.05) is 38.1 Å². The Morgan fingerprint density at radius 2 is 1.86 bits per heavy atom. The van der Waals surface area contributed by atoms with Gasteiger partial charge >= 0.3 is 12.6 Å². The van der Waals surface area contributed by atoms with Crippen LogP contribution in [0.3, 0.4) is 0 Å². The van der Waals surface area contributed by atoms with E-state index in [1.807, 2.05) is 29.2 Å². The number of ether oxygens (including phenoxy) is 1. The zero-order valence-electron chi connectivity index (χ0n) is 20.8. The Kier molecular flexibility index (Phi) is 7.79. The van der Waals surface area contributed by atoms with E-state index in [-0.39, 0.29) is 23.4 Å². The molecular weight excluding hydrogens is 456 g/mol. The summed E-state index contributed by atoms with van der Waals surface area (Å²) in [5.41, 5.74) is 0.645. The number of carboxylic acid groups (broad SMARTS) is 1. The second kappa shape index (κ2) is 10.3. The Hall–Kier alpha value is -3.07. The number of halogens is 2. The molecule has 190 valence electrons. The van der Waals surface area contributed by atoms with Gasteiger partial charge in [-0.25, -0.2) is 4.98 Å². The Labute approximate surface area is 204 Å². The number of carbonyl (C=O) groups is 2. The lowest BCUT2D eigenvalue weighted by Crippen LogP contribution is -2.65. The first-order valence-electron chi connectivity index (χ1n) is 11.6. The molecule has 2 heterocycles.